The highest BCUT2D eigenvalue weighted by molar-refractivity contribution is 7.87. The minimum atomic E-state index is -4.91. The predicted octanol–water partition coefficient (Wildman–Crippen LogP) is -2.36. The van der Waals surface area contributed by atoms with E-state index in [1.165, 1.54) is 0 Å². The van der Waals surface area contributed by atoms with Gasteiger partial charge < -0.3 is 75.1 Å². The van der Waals surface area contributed by atoms with Crippen molar-refractivity contribution in [2.24, 2.45) is 5.73 Å². The van der Waals surface area contributed by atoms with E-state index < -0.39 is 51.4 Å². The van der Waals surface area contributed by atoms with Gasteiger partial charge in [0, 0.05) is 43.6 Å². The molecule has 6 amide bonds. The third-order valence-corrected chi connectivity index (χ3v) is 10.8. The number of para-hydroxylation sites is 1. The molecule has 2 aromatic rings. The Hall–Kier alpha value is -5.63. The van der Waals surface area contributed by atoms with E-state index in [0.717, 1.165) is 11.1 Å². The van der Waals surface area contributed by atoms with Crippen molar-refractivity contribution in [3.63, 3.8) is 0 Å². The highest BCUT2D eigenvalue weighted by Gasteiger charge is 2.32. The summed E-state index contributed by atoms with van der Waals surface area (Å²) in [4.78, 5) is 74.4. The van der Waals surface area contributed by atoms with Gasteiger partial charge in [-0.1, -0.05) is 42.2 Å². The minimum Gasteiger partial charge on any atom is -0.379 e. The van der Waals surface area contributed by atoms with Crippen molar-refractivity contribution in [2.75, 3.05) is 150 Å². The number of nitrogens with zero attached hydrogens (tertiary/aromatic N) is 1. The van der Waals surface area contributed by atoms with Crippen molar-refractivity contribution < 1.29 is 79.6 Å². The van der Waals surface area contributed by atoms with Gasteiger partial charge in [0.05, 0.1) is 138 Å². The van der Waals surface area contributed by atoms with Crippen LogP contribution in [0.1, 0.15) is 29.5 Å². The van der Waals surface area contributed by atoms with Crippen LogP contribution in [0.2, 0.25) is 0 Å². The molecule has 0 saturated heterocycles. The first-order valence-electron chi connectivity index (χ1n) is 23.0. The van der Waals surface area contributed by atoms with E-state index >= 15 is 0 Å². The zero-order valence-corrected chi connectivity index (χ0v) is 40.6. The van der Waals surface area contributed by atoms with Gasteiger partial charge in [0.15, 0.2) is 5.25 Å². The minimum absolute atomic E-state index is 0.00445. The van der Waals surface area contributed by atoms with Crippen molar-refractivity contribution >= 4 is 51.2 Å². The summed E-state index contributed by atoms with van der Waals surface area (Å²) >= 11 is 0. The molecule has 1 unspecified atom stereocenters. The Morgan fingerprint density at radius 1 is 0.549 bits per heavy atom. The summed E-state index contributed by atoms with van der Waals surface area (Å²) in [6.45, 7) is 3.96. The van der Waals surface area contributed by atoms with Crippen LogP contribution < -0.4 is 37.2 Å². The van der Waals surface area contributed by atoms with Gasteiger partial charge >= 0.3 is 0 Å². The fraction of sp³-hybridized carbons (Fsp3) is 0.565. The maximum Gasteiger partial charge on any atom is 0.278 e. The Kier molecular flexibility index (Phi) is 30.5. The van der Waals surface area contributed by atoms with Crippen LogP contribution >= 0.6 is 0 Å². The van der Waals surface area contributed by atoms with Crippen LogP contribution in [0.5, 0.6) is 0 Å². The summed E-state index contributed by atoms with van der Waals surface area (Å²) in [6.07, 6.45) is -0.315. The lowest BCUT2D eigenvalue weighted by molar-refractivity contribution is -0.127. The number of rotatable bonds is 39. The Balaban J connectivity index is 1.07. The first kappa shape index (κ1) is 59.7. The summed E-state index contributed by atoms with van der Waals surface area (Å²) in [7, 11) is -4.91. The molecule has 24 nitrogen and oxygen atoms in total. The summed E-state index contributed by atoms with van der Waals surface area (Å²) in [6, 6.07) is 14.6. The first-order valence-corrected chi connectivity index (χ1v) is 24.5. The molecular weight excluding hydrogens is 955 g/mol. The van der Waals surface area contributed by atoms with Gasteiger partial charge in [0.1, 0.15) is 0 Å². The lowest BCUT2D eigenvalue weighted by Gasteiger charge is -2.26. The van der Waals surface area contributed by atoms with Crippen LogP contribution in [0.15, 0.2) is 48.5 Å². The molecule has 3 rings (SSSR count). The lowest BCUT2D eigenvalue weighted by Crippen LogP contribution is -2.47. The summed E-state index contributed by atoms with van der Waals surface area (Å²) in [5.74, 6) is 2.87. The zero-order valence-electron chi connectivity index (χ0n) is 39.8. The lowest BCUT2D eigenvalue weighted by atomic mass is 10.0. The maximum absolute atomic E-state index is 13.4. The molecule has 8 N–H and O–H groups in total. The highest BCUT2D eigenvalue weighted by atomic mass is 32.2. The number of benzene rings is 2. The number of hydrogen-bond acceptors (Lipinski definition) is 17. The van der Waals surface area contributed by atoms with Crippen LogP contribution in [0.3, 0.4) is 0 Å². The van der Waals surface area contributed by atoms with Crippen molar-refractivity contribution in [3.8, 4) is 11.8 Å². The van der Waals surface area contributed by atoms with Crippen molar-refractivity contribution in [1.82, 2.24) is 26.6 Å². The van der Waals surface area contributed by atoms with Gasteiger partial charge in [0.2, 0.25) is 35.4 Å². The normalized spacial score (nSPS) is 12.2. The molecule has 0 saturated carbocycles. The number of ether oxygens (including phenoxy) is 8. The smallest absolute Gasteiger partial charge is 0.278 e. The Labute approximate surface area is 413 Å². The Morgan fingerprint density at radius 3 is 1.56 bits per heavy atom. The number of nitrogens with one attached hydrogen (secondary N) is 5. The number of anilines is 1. The average molecular weight is 1020 g/mol. The largest absolute Gasteiger partial charge is 0.379 e. The number of carbonyl (C=O) groups is 6. The van der Waals surface area contributed by atoms with Gasteiger partial charge in [-0.3, -0.25) is 33.3 Å². The molecule has 0 radical (unpaired) electrons. The molecule has 71 heavy (non-hydrogen) atoms. The number of amides is 6. The standard InChI is InChI=1S/C46H67N7O17S/c47-31-42(55)51-34-44(57)52-33-43(56)48-14-16-64-18-20-66-22-24-68-26-28-70-30-29-69-27-25-67-23-21-65-19-17-63-15-12-41(54)50-32-40(71(60,61)62)46(59)49-13-11-45(58)53-35-38-7-2-1-5-36(38)9-10-37-6-3-4-8-39(37)53/h1-8,40H,11-35,47H2,(H,48,56)(H,49,59)(H,50,54)(H,51,55)(H,52,57)(H,60,61,62). The van der Waals surface area contributed by atoms with Gasteiger partial charge in [-0.25, -0.2) is 0 Å². The third kappa shape index (κ3) is 27.0. The molecule has 0 aromatic heterocycles. The molecule has 1 atom stereocenters. The fourth-order valence-corrected chi connectivity index (χ4v) is 6.65. The second kappa shape index (κ2) is 36.3. The van der Waals surface area contributed by atoms with E-state index in [2.05, 4.69) is 38.4 Å². The molecule has 0 fully saturated rings. The Bertz CT molecular complexity index is 2120. The number of carbonyl (C=O) groups excluding carboxylic acids is 6. The number of fused-ring (bicyclic) bond motifs is 2. The van der Waals surface area contributed by atoms with Crippen LogP contribution in [0.4, 0.5) is 5.69 Å². The molecule has 2 aromatic carbocycles. The Morgan fingerprint density at radius 2 is 1.01 bits per heavy atom. The quantitative estimate of drug-likeness (QED) is 0.0209. The molecule has 1 aliphatic rings. The highest BCUT2D eigenvalue weighted by Crippen LogP contribution is 2.26. The summed E-state index contributed by atoms with van der Waals surface area (Å²) in [5.41, 5.74) is 8.01. The van der Waals surface area contributed by atoms with E-state index in [1.54, 1.807) is 23.1 Å². The van der Waals surface area contributed by atoms with Gasteiger partial charge in [-0.05, 0) is 23.8 Å². The van der Waals surface area contributed by atoms with E-state index in [1.807, 2.05) is 30.3 Å². The molecule has 0 aliphatic carbocycles. The molecule has 25 heteroatoms. The van der Waals surface area contributed by atoms with Crippen LogP contribution in [-0.2, 0) is 83.3 Å². The van der Waals surface area contributed by atoms with Crippen molar-refractivity contribution in [3.05, 3.63) is 65.2 Å². The molecule has 0 spiro atoms. The average Bonchev–Trinajstić information content (AvgIpc) is 3.34. The summed E-state index contributed by atoms with van der Waals surface area (Å²) < 4.78 is 77.3. The maximum atomic E-state index is 13.4. The van der Waals surface area contributed by atoms with Crippen molar-refractivity contribution in [2.45, 2.75) is 24.6 Å². The van der Waals surface area contributed by atoms with E-state index in [4.69, 9.17) is 43.6 Å². The van der Waals surface area contributed by atoms with Gasteiger partial charge in [-0.2, -0.15) is 8.42 Å². The molecule has 1 aliphatic heterocycles. The van der Waals surface area contributed by atoms with Gasteiger partial charge in [-0.15, -0.1) is 0 Å². The second-order valence-corrected chi connectivity index (χ2v) is 16.6. The monoisotopic (exact) mass is 1020 g/mol. The fourth-order valence-electron chi connectivity index (χ4n) is 6.00. The molecule has 1 heterocycles. The SMILES string of the molecule is NCC(=O)NCC(=O)NCC(=O)NCCOCCOCCOCCOCCOCCOCCOCCOCCC(=O)NCC(C(=O)NCCC(=O)N1Cc2ccccc2C#Cc2ccccc21)S(=O)(=O)O. The third-order valence-electron chi connectivity index (χ3n) is 9.67. The van der Waals surface area contributed by atoms with E-state index in [-0.39, 0.29) is 84.4 Å². The van der Waals surface area contributed by atoms with Crippen LogP contribution in [0, 0.1) is 11.8 Å². The topological polar surface area (TPSA) is 320 Å². The van der Waals surface area contributed by atoms with Gasteiger partial charge in [0.25, 0.3) is 10.1 Å². The van der Waals surface area contributed by atoms with E-state index in [9.17, 15) is 41.7 Å². The van der Waals surface area contributed by atoms with Crippen LogP contribution in [-0.4, -0.2) is 199 Å². The van der Waals surface area contributed by atoms with E-state index in [0.29, 0.717) is 90.5 Å². The number of nitrogens with two attached hydrogens (primary N) is 1. The summed E-state index contributed by atoms with van der Waals surface area (Å²) in [5, 5.41) is 9.98. The van der Waals surface area contributed by atoms with Crippen molar-refractivity contribution in [1.29, 1.82) is 0 Å². The molecule has 0 bridgehead atoms. The zero-order chi connectivity index (χ0) is 51.4. The molecular formula is C46H67N7O17S. The second-order valence-electron chi connectivity index (χ2n) is 15.0. The number of hydrogen-bond donors (Lipinski definition) is 7. The predicted molar refractivity (Wildman–Crippen MR) is 255 cm³/mol. The molecule has 394 valence electrons. The first-order chi connectivity index (χ1) is 34.4. The van der Waals surface area contributed by atoms with Crippen LogP contribution in [0.25, 0.3) is 0 Å².